The van der Waals surface area contributed by atoms with Crippen LogP contribution in [0.1, 0.15) is 15.9 Å². The van der Waals surface area contributed by atoms with Gasteiger partial charge in [-0.3, -0.25) is 4.79 Å². The second-order valence-electron chi connectivity index (χ2n) is 4.03. The van der Waals surface area contributed by atoms with E-state index >= 15 is 0 Å². The maximum Gasteiger partial charge on any atom is 0.258 e. The van der Waals surface area contributed by atoms with Gasteiger partial charge in [-0.25, -0.2) is 0 Å². The highest BCUT2D eigenvalue weighted by atomic mass is 79.9. The lowest BCUT2D eigenvalue weighted by Crippen LogP contribution is -2.13. The topological polar surface area (TPSA) is 29.1 Å². The summed E-state index contributed by atoms with van der Waals surface area (Å²) in [7, 11) is 0. The van der Waals surface area contributed by atoms with Crippen molar-refractivity contribution in [2.24, 2.45) is 0 Å². The lowest BCUT2D eigenvalue weighted by atomic mass is 10.2. The summed E-state index contributed by atoms with van der Waals surface area (Å²) in [5.74, 6) is -0.332. The highest BCUT2D eigenvalue weighted by Gasteiger charge is 2.15. The normalized spacial score (nSPS) is 10.3. The molecule has 5 heteroatoms. The molecule has 0 spiro atoms. The fourth-order valence-electron chi connectivity index (χ4n) is 1.63. The van der Waals surface area contributed by atoms with E-state index in [0.717, 1.165) is 10.0 Å². The molecule has 0 heterocycles. The molecule has 1 amide bonds. The van der Waals surface area contributed by atoms with Crippen LogP contribution in [0.5, 0.6) is 0 Å². The van der Waals surface area contributed by atoms with Gasteiger partial charge in [-0.15, -0.1) is 0 Å². The summed E-state index contributed by atoms with van der Waals surface area (Å²) in [5.41, 5.74) is 2.00. The van der Waals surface area contributed by atoms with Gasteiger partial charge in [0.1, 0.15) is 0 Å². The Balaban J connectivity index is 2.34. The number of aryl methyl sites for hydroxylation is 1. The van der Waals surface area contributed by atoms with Gasteiger partial charge in [0.2, 0.25) is 0 Å². The van der Waals surface area contributed by atoms with Crippen LogP contribution in [-0.4, -0.2) is 5.91 Å². The third kappa shape index (κ3) is 3.30. The van der Waals surface area contributed by atoms with Gasteiger partial charge < -0.3 is 5.32 Å². The Morgan fingerprint density at radius 2 is 1.79 bits per heavy atom. The fraction of sp³-hybridized carbons (Fsp3) is 0.0714. The smallest absolute Gasteiger partial charge is 0.258 e. The van der Waals surface area contributed by atoms with Crippen LogP contribution in [0.15, 0.2) is 40.9 Å². The Hall–Kier alpha value is -1.03. The number of carbonyl (C=O) groups excluding carboxylic acids is 1. The first-order chi connectivity index (χ1) is 8.99. The molecule has 2 nitrogen and oxygen atoms in total. The molecule has 0 saturated heterocycles. The number of amides is 1. The van der Waals surface area contributed by atoms with Gasteiger partial charge in [-0.05, 0) is 52.7 Å². The maximum absolute atomic E-state index is 12.2. The number of hydrogen-bond acceptors (Lipinski definition) is 1. The van der Waals surface area contributed by atoms with E-state index in [1.807, 2.05) is 25.1 Å². The number of carbonyl (C=O) groups is 1. The molecule has 0 saturated carbocycles. The Labute approximate surface area is 129 Å². The molecule has 0 unspecified atom stereocenters. The molecule has 0 radical (unpaired) electrons. The minimum Gasteiger partial charge on any atom is -0.321 e. The number of benzene rings is 2. The van der Waals surface area contributed by atoms with E-state index < -0.39 is 0 Å². The van der Waals surface area contributed by atoms with Crippen molar-refractivity contribution in [1.82, 2.24) is 0 Å². The van der Waals surface area contributed by atoms with E-state index in [9.17, 15) is 4.79 Å². The minimum atomic E-state index is -0.332. The molecule has 2 aromatic carbocycles. The average molecular weight is 359 g/mol. The van der Waals surface area contributed by atoms with Crippen LogP contribution < -0.4 is 5.32 Å². The molecule has 0 aromatic heterocycles. The second-order valence-corrected chi connectivity index (χ2v) is 5.70. The summed E-state index contributed by atoms with van der Waals surface area (Å²) in [6.45, 7) is 1.95. The molecule has 19 heavy (non-hydrogen) atoms. The van der Waals surface area contributed by atoms with Crippen molar-refractivity contribution in [2.75, 3.05) is 5.32 Å². The number of rotatable bonds is 2. The molecule has 2 rings (SSSR count). The zero-order valence-electron chi connectivity index (χ0n) is 10.0. The molecule has 0 bridgehead atoms. The third-order valence-electron chi connectivity index (χ3n) is 2.56. The van der Waals surface area contributed by atoms with Crippen molar-refractivity contribution in [2.45, 2.75) is 6.92 Å². The predicted molar refractivity (Wildman–Crippen MR) is 83.3 cm³/mol. The van der Waals surface area contributed by atoms with Crippen molar-refractivity contribution < 1.29 is 4.79 Å². The molecule has 0 aliphatic heterocycles. The molecule has 0 fully saturated rings. The standard InChI is InChI=1S/C14H10BrCl2NO/c1-8-5-6-9(15)12(7-8)18-14(19)13-10(16)3-2-4-11(13)17/h2-7H,1H3,(H,18,19). The van der Waals surface area contributed by atoms with Gasteiger partial charge in [-0.1, -0.05) is 35.3 Å². The highest BCUT2D eigenvalue weighted by Crippen LogP contribution is 2.28. The Bertz CT molecular complexity index is 623. The van der Waals surface area contributed by atoms with Gasteiger partial charge in [0, 0.05) is 4.47 Å². The van der Waals surface area contributed by atoms with E-state index in [4.69, 9.17) is 23.2 Å². The Kier molecular flexibility index (Phi) is 4.50. The lowest BCUT2D eigenvalue weighted by Gasteiger charge is -2.10. The summed E-state index contributed by atoms with van der Waals surface area (Å²) in [6, 6.07) is 10.7. The van der Waals surface area contributed by atoms with Crippen molar-refractivity contribution in [3.8, 4) is 0 Å². The molecule has 2 aromatic rings. The number of hydrogen-bond donors (Lipinski definition) is 1. The summed E-state index contributed by atoms with van der Waals surface area (Å²) in [5, 5.41) is 3.45. The summed E-state index contributed by atoms with van der Waals surface area (Å²) in [4.78, 5) is 12.2. The van der Waals surface area contributed by atoms with Crippen LogP contribution in [0.3, 0.4) is 0 Å². The summed E-state index contributed by atoms with van der Waals surface area (Å²) < 4.78 is 0.801. The van der Waals surface area contributed by atoms with Crippen LogP contribution in [-0.2, 0) is 0 Å². The number of nitrogens with one attached hydrogen (secondary N) is 1. The summed E-state index contributed by atoms with van der Waals surface area (Å²) in [6.07, 6.45) is 0. The van der Waals surface area contributed by atoms with Crippen LogP contribution in [0.2, 0.25) is 10.0 Å². The molecule has 98 valence electrons. The van der Waals surface area contributed by atoms with Crippen LogP contribution in [0.4, 0.5) is 5.69 Å². The Morgan fingerprint density at radius 3 is 2.42 bits per heavy atom. The molecular weight excluding hydrogens is 349 g/mol. The van der Waals surface area contributed by atoms with E-state index in [1.165, 1.54) is 0 Å². The maximum atomic E-state index is 12.2. The van der Waals surface area contributed by atoms with Gasteiger partial charge >= 0.3 is 0 Å². The zero-order chi connectivity index (χ0) is 14.0. The number of anilines is 1. The Morgan fingerprint density at radius 1 is 1.16 bits per heavy atom. The quantitative estimate of drug-likeness (QED) is 0.773. The third-order valence-corrected chi connectivity index (χ3v) is 3.88. The lowest BCUT2D eigenvalue weighted by molar-refractivity contribution is 0.102. The SMILES string of the molecule is Cc1ccc(Br)c(NC(=O)c2c(Cl)cccc2Cl)c1. The summed E-state index contributed by atoms with van der Waals surface area (Å²) >= 11 is 15.4. The fourth-order valence-corrected chi connectivity index (χ4v) is 2.55. The monoisotopic (exact) mass is 357 g/mol. The van der Waals surface area contributed by atoms with Gasteiger partial charge in [-0.2, -0.15) is 0 Å². The largest absolute Gasteiger partial charge is 0.321 e. The first kappa shape index (κ1) is 14.4. The average Bonchev–Trinajstić information content (AvgIpc) is 2.33. The first-order valence-corrected chi connectivity index (χ1v) is 7.05. The first-order valence-electron chi connectivity index (χ1n) is 5.50. The van der Waals surface area contributed by atoms with E-state index in [-0.39, 0.29) is 11.5 Å². The molecule has 0 atom stereocenters. The zero-order valence-corrected chi connectivity index (χ0v) is 13.1. The second kappa shape index (κ2) is 5.95. The van der Waals surface area contributed by atoms with E-state index in [2.05, 4.69) is 21.2 Å². The highest BCUT2D eigenvalue weighted by molar-refractivity contribution is 9.10. The molecule has 1 N–H and O–H groups in total. The van der Waals surface area contributed by atoms with Crippen LogP contribution in [0, 0.1) is 6.92 Å². The predicted octanol–water partition coefficient (Wildman–Crippen LogP) is 5.32. The van der Waals surface area contributed by atoms with Crippen molar-refractivity contribution >= 4 is 50.7 Å². The molecule has 0 aliphatic rings. The van der Waals surface area contributed by atoms with Crippen LogP contribution in [0.25, 0.3) is 0 Å². The molecule has 0 aliphatic carbocycles. The van der Waals surface area contributed by atoms with E-state index in [1.54, 1.807) is 18.2 Å². The van der Waals surface area contributed by atoms with Gasteiger partial charge in [0.25, 0.3) is 5.91 Å². The van der Waals surface area contributed by atoms with Crippen molar-refractivity contribution in [3.05, 3.63) is 62.0 Å². The van der Waals surface area contributed by atoms with Gasteiger partial charge in [0.05, 0.1) is 21.3 Å². The molecular formula is C14H10BrCl2NO. The van der Waals surface area contributed by atoms with Crippen LogP contribution >= 0.6 is 39.1 Å². The number of halogens is 3. The van der Waals surface area contributed by atoms with Crippen molar-refractivity contribution in [3.63, 3.8) is 0 Å². The van der Waals surface area contributed by atoms with E-state index in [0.29, 0.717) is 15.7 Å². The van der Waals surface area contributed by atoms with Gasteiger partial charge in [0.15, 0.2) is 0 Å². The van der Waals surface area contributed by atoms with Crippen molar-refractivity contribution in [1.29, 1.82) is 0 Å². The minimum absolute atomic E-state index is 0.277.